The van der Waals surface area contributed by atoms with Gasteiger partial charge in [-0.05, 0) is 24.1 Å². The van der Waals surface area contributed by atoms with Crippen LogP contribution in [-0.2, 0) is 6.54 Å². The van der Waals surface area contributed by atoms with E-state index < -0.39 is 0 Å². The molecule has 2 N–H and O–H groups in total. The van der Waals surface area contributed by atoms with Gasteiger partial charge in [0.1, 0.15) is 0 Å². The molecule has 1 heteroatoms. The molecule has 47 valence electrons. The number of benzene rings is 1. The molecule has 0 amide bonds. The number of nitrogens with two attached hydrogens (primary N) is 1. The smallest absolute Gasteiger partial charge is 0.0178 e. The van der Waals surface area contributed by atoms with E-state index in [0.29, 0.717) is 6.54 Å². The van der Waals surface area contributed by atoms with Crippen molar-refractivity contribution in [2.45, 2.75) is 13.5 Å². The molecule has 0 atom stereocenters. The molecule has 0 aromatic heterocycles. The minimum absolute atomic E-state index is 0.621. The van der Waals surface area contributed by atoms with E-state index in [4.69, 9.17) is 5.73 Å². The monoisotopic (exact) mass is 120 g/mol. The van der Waals surface area contributed by atoms with Crippen LogP contribution in [0.4, 0.5) is 0 Å². The van der Waals surface area contributed by atoms with Crippen molar-refractivity contribution in [3.8, 4) is 0 Å². The quantitative estimate of drug-likeness (QED) is 0.593. The van der Waals surface area contributed by atoms with E-state index >= 15 is 0 Å². The Bertz CT molecular complexity index is 194. The molecule has 0 aliphatic rings. The van der Waals surface area contributed by atoms with E-state index in [1.807, 2.05) is 25.1 Å². The van der Waals surface area contributed by atoms with Crippen molar-refractivity contribution < 1.29 is 0 Å². The van der Waals surface area contributed by atoms with Crippen LogP contribution in [0.15, 0.2) is 18.2 Å². The molecule has 0 heterocycles. The van der Waals surface area contributed by atoms with Crippen LogP contribution in [0.3, 0.4) is 0 Å². The highest BCUT2D eigenvalue weighted by molar-refractivity contribution is 5.20. The van der Waals surface area contributed by atoms with Gasteiger partial charge < -0.3 is 5.73 Å². The summed E-state index contributed by atoms with van der Waals surface area (Å²) in [6, 6.07) is 8.97. The molecule has 9 heavy (non-hydrogen) atoms. The zero-order valence-corrected chi connectivity index (χ0v) is 5.52. The summed E-state index contributed by atoms with van der Waals surface area (Å²) in [6.07, 6.45) is 0. The lowest BCUT2D eigenvalue weighted by Gasteiger charge is -1.94. The molecule has 0 spiro atoms. The molecule has 0 unspecified atom stereocenters. The third-order valence-electron chi connectivity index (χ3n) is 1.25. The van der Waals surface area contributed by atoms with Gasteiger partial charge in [0, 0.05) is 6.54 Å². The van der Waals surface area contributed by atoms with Crippen LogP contribution < -0.4 is 5.73 Å². The summed E-state index contributed by atoms with van der Waals surface area (Å²) in [6.45, 7) is 2.63. The summed E-state index contributed by atoms with van der Waals surface area (Å²) in [5.41, 5.74) is 7.73. The Morgan fingerprint density at radius 1 is 1.67 bits per heavy atom. The first kappa shape index (κ1) is 6.30. The molecule has 1 aromatic carbocycles. The second-order valence-corrected chi connectivity index (χ2v) is 2.08. The number of hydrogen-bond acceptors (Lipinski definition) is 1. The third kappa shape index (κ3) is 1.54. The van der Waals surface area contributed by atoms with Gasteiger partial charge in [0.05, 0.1) is 0 Å². The van der Waals surface area contributed by atoms with E-state index in [1.54, 1.807) is 0 Å². The second kappa shape index (κ2) is 2.65. The number of aryl methyl sites for hydroxylation is 1. The van der Waals surface area contributed by atoms with Crippen molar-refractivity contribution >= 4 is 0 Å². The molecule has 0 saturated heterocycles. The van der Waals surface area contributed by atoms with Gasteiger partial charge in [0.2, 0.25) is 0 Å². The maximum atomic E-state index is 5.40. The van der Waals surface area contributed by atoms with Gasteiger partial charge >= 0.3 is 0 Å². The van der Waals surface area contributed by atoms with E-state index in [2.05, 4.69) is 6.07 Å². The molecule has 0 aliphatic carbocycles. The predicted molar refractivity (Wildman–Crippen MR) is 37.9 cm³/mol. The fourth-order valence-electron chi connectivity index (χ4n) is 0.775. The van der Waals surface area contributed by atoms with Gasteiger partial charge in [-0.2, -0.15) is 0 Å². The second-order valence-electron chi connectivity index (χ2n) is 2.08. The first-order valence-electron chi connectivity index (χ1n) is 3.00. The zero-order chi connectivity index (χ0) is 6.69. The van der Waals surface area contributed by atoms with Gasteiger partial charge in [0.25, 0.3) is 0 Å². The molecule has 1 nitrogen and oxygen atoms in total. The lowest BCUT2D eigenvalue weighted by molar-refractivity contribution is 1.07. The van der Waals surface area contributed by atoms with Gasteiger partial charge in [-0.25, -0.2) is 0 Å². The first-order chi connectivity index (χ1) is 4.33. The predicted octanol–water partition coefficient (Wildman–Crippen LogP) is 1.25. The Balaban J connectivity index is 2.94. The highest BCUT2D eigenvalue weighted by Crippen LogP contribution is 2.00. The molecular formula is C8H10N. The first-order valence-corrected chi connectivity index (χ1v) is 3.00. The van der Waals surface area contributed by atoms with E-state index in [0.717, 1.165) is 5.56 Å². The summed E-state index contributed by atoms with van der Waals surface area (Å²) < 4.78 is 0. The van der Waals surface area contributed by atoms with Crippen molar-refractivity contribution in [2.75, 3.05) is 0 Å². The van der Waals surface area contributed by atoms with Gasteiger partial charge in [-0.15, -0.1) is 0 Å². The SMILES string of the molecule is Cc1[c]ccc(CN)c1. The van der Waals surface area contributed by atoms with Crippen LogP contribution in [0.25, 0.3) is 0 Å². The van der Waals surface area contributed by atoms with Gasteiger partial charge in [-0.1, -0.05) is 18.2 Å². The van der Waals surface area contributed by atoms with Crippen LogP contribution in [0, 0.1) is 13.0 Å². The Morgan fingerprint density at radius 3 is 2.89 bits per heavy atom. The average molecular weight is 120 g/mol. The molecule has 0 aliphatic heterocycles. The van der Waals surface area contributed by atoms with Crippen molar-refractivity contribution in [1.82, 2.24) is 0 Å². The maximum Gasteiger partial charge on any atom is 0.0178 e. The topological polar surface area (TPSA) is 26.0 Å². The van der Waals surface area contributed by atoms with Crippen LogP contribution in [-0.4, -0.2) is 0 Å². The fraction of sp³-hybridized carbons (Fsp3) is 0.250. The summed E-state index contributed by atoms with van der Waals surface area (Å²) >= 11 is 0. The lowest BCUT2D eigenvalue weighted by Crippen LogP contribution is -1.95. The van der Waals surface area contributed by atoms with Crippen LogP contribution in [0.1, 0.15) is 11.1 Å². The van der Waals surface area contributed by atoms with Crippen LogP contribution >= 0.6 is 0 Å². The standard InChI is InChI=1S/C8H10N/c1-7-3-2-4-8(5-7)6-9/h2,4-5H,6,9H2,1H3. The highest BCUT2D eigenvalue weighted by atomic mass is 14.5. The summed E-state index contributed by atoms with van der Waals surface area (Å²) in [7, 11) is 0. The Morgan fingerprint density at radius 2 is 2.44 bits per heavy atom. The zero-order valence-electron chi connectivity index (χ0n) is 5.52. The molecule has 0 bridgehead atoms. The largest absolute Gasteiger partial charge is 0.326 e. The molecule has 0 saturated carbocycles. The van der Waals surface area contributed by atoms with E-state index in [9.17, 15) is 0 Å². The number of rotatable bonds is 1. The molecule has 1 radical (unpaired) electrons. The summed E-state index contributed by atoms with van der Waals surface area (Å²) in [5.74, 6) is 0. The minimum atomic E-state index is 0.621. The Kier molecular flexibility index (Phi) is 1.85. The van der Waals surface area contributed by atoms with Crippen LogP contribution in [0.5, 0.6) is 0 Å². The maximum absolute atomic E-state index is 5.40. The minimum Gasteiger partial charge on any atom is -0.326 e. The van der Waals surface area contributed by atoms with Gasteiger partial charge in [0.15, 0.2) is 0 Å². The van der Waals surface area contributed by atoms with Crippen LogP contribution in [0.2, 0.25) is 0 Å². The summed E-state index contributed by atoms with van der Waals surface area (Å²) in [5, 5.41) is 0. The fourth-order valence-corrected chi connectivity index (χ4v) is 0.775. The molecule has 1 aromatic rings. The van der Waals surface area contributed by atoms with Crippen molar-refractivity contribution in [1.29, 1.82) is 0 Å². The van der Waals surface area contributed by atoms with E-state index in [1.165, 1.54) is 5.56 Å². The van der Waals surface area contributed by atoms with Crippen molar-refractivity contribution in [3.05, 3.63) is 35.4 Å². The van der Waals surface area contributed by atoms with E-state index in [-0.39, 0.29) is 0 Å². The highest BCUT2D eigenvalue weighted by Gasteiger charge is 1.86. The molecule has 1 rings (SSSR count). The Labute approximate surface area is 55.5 Å². The third-order valence-corrected chi connectivity index (χ3v) is 1.25. The van der Waals surface area contributed by atoms with Crippen molar-refractivity contribution in [2.24, 2.45) is 5.73 Å². The molecular weight excluding hydrogens is 110 g/mol. The lowest BCUT2D eigenvalue weighted by atomic mass is 10.1. The van der Waals surface area contributed by atoms with Gasteiger partial charge in [-0.3, -0.25) is 0 Å². The average Bonchev–Trinajstić information content (AvgIpc) is 1.88. The van der Waals surface area contributed by atoms with Crippen molar-refractivity contribution in [3.63, 3.8) is 0 Å². The Hall–Kier alpha value is -0.820. The molecule has 0 fully saturated rings. The summed E-state index contributed by atoms with van der Waals surface area (Å²) in [4.78, 5) is 0. The normalized spacial score (nSPS) is 9.56. The number of hydrogen-bond donors (Lipinski definition) is 1.